The Morgan fingerprint density at radius 3 is 2.47 bits per heavy atom. The van der Waals surface area contributed by atoms with Crippen LogP contribution in [0.4, 0.5) is 4.39 Å². The molecule has 0 aromatic heterocycles. The molecule has 2 nitrogen and oxygen atoms in total. The second-order valence-electron chi connectivity index (χ2n) is 6.14. The highest BCUT2D eigenvalue weighted by molar-refractivity contribution is 7.80. The van der Waals surface area contributed by atoms with Gasteiger partial charge in [0, 0.05) is 18.2 Å². The van der Waals surface area contributed by atoms with Gasteiger partial charge in [-0.25, -0.2) is 4.39 Å². The molecule has 1 aromatic carbocycles. The first kappa shape index (κ1) is 16.1. The van der Waals surface area contributed by atoms with Crippen LogP contribution >= 0.6 is 12.2 Å². The summed E-state index contributed by atoms with van der Waals surface area (Å²) in [5.74, 6) is -0.359. The van der Waals surface area contributed by atoms with E-state index in [1.807, 2.05) is 0 Å². The Hall–Kier alpha value is -1.00. The molecule has 1 aromatic rings. The number of nitrogens with two attached hydrogens (primary N) is 1. The van der Waals surface area contributed by atoms with Gasteiger partial charge in [0.05, 0.1) is 0 Å². The Bertz CT molecular complexity index is 466. The minimum Gasteiger partial charge on any atom is -0.389 e. The van der Waals surface area contributed by atoms with Gasteiger partial charge in [0.1, 0.15) is 10.8 Å². The van der Waals surface area contributed by atoms with Crippen LogP contribution in [0.2, 0.25) is 0 Å². The van der Waals surface area contributed by atoms with Crippen molar-refractivity contribution in [1.29, 1.82) is 0 Å². The first-order valence-corrected chi connectivity index (χ1v) is 6.82. The predicted octanol–water partition coefficient (Wildman–Crippen LogP) is 3.33. The lowest BCUT2D eigenvalue weighted by atomic mass is 9.87. The van der Waals surface area contributed by atoms with Crippen LogP contribution in [-0.2, 0) is 6.54 Å². The van der Waals surface area contributed by atoms with Crippen molar-refractivity contribution in [2.24, 2.45) is 11.1 Å². The van der Waals surface area contributed by atoms with Gasteiger partial charge in [-0.2, -0.15) is 0 Å². The highest BCUT2D eigenvalue weighted by atomic mass is 32.1. The molecule has 1 rings (SSSR count). The molecule has 2 N–H and O–H groups in total. The van der Waals surface area contributed by atoms with Gasteiger partial charge >= 0.3 is 0 Å². The highest BCUT2D eigenvalue weighted by Crippen LogP contribution is 2.24. The number of thiocarbonyl (C=S) groups is 1. The number of benzene rings is 1. The van der Waals surface area contributed by atoms with E-state index in [0.29, 0.717) is 11.6 Å². The van der Waals surface area contributed by atoms with Gasteiger partial charge in [0.15, 0.2) is 0 Å². The van der Waals surface area contributed by atoms with E-state index in [1.165, 1.54) is 6.07 Å². The van der Waals surface area contributed by atoms with E-state index < -0.39 is 0 Å². The second kappa shape index (κ2) is 5.97. The van der Waals surface area contributed by atoms with Crippen LogP contribution in [0.3, 0.4) is 0 Å². The lowest BCUT2D eigenvalue weighted by molar-refractivity contribution is 0.134. The van der Waals surface area contributed by atoms with Crippen molar-refractivity contribution < 1.29 is 4.39 Å². The first-order valence-electron chi connectivity index (χ1n) is 6.41. The molecular formula is C15H23FN2S. The van der Waals surface area contributed by atoms with Gasteiger partial charge in [0.25, 0.3) is 0 Å². The quantitative estimate of drug-likeness (QED) is 0.859. The first-order chi connectivity index (χ1) is 8.62. The Labute approximate surface area is 120 Å². The van der Waals surface area contributed by atoms with Crippen LogP contribution < -0.4 is 5.73 Å². The number of hydrogen-bond acceptors (Lipinski definition) is 2. The largest absolute Gasteiger partial charge is 0.389 e. The number of hydrogen-bond donors (Lipinski definition) is 1. The van der Waals surface area contributed by atoms with Crippen LogP contribution in [0, 0.1) is 11.2 Å². The van der Waals surface area contributed by atoms with Crippen molar-refractivity contribution in [3.05, 3.63) is 35.1 Å². The molecule has 4 heteroatoms. The maximum atomic E-state index is 13.5. The lowest BCUT2D eigenvalue weighted by Crippen LogP contribution is -2.38. The van der Waals surface area contributed by atoms with E-state index in [2.05, 4.69) is 39.6 Å². The molecule has 0 radical (unpaired) electrons. The Balaban J connectivity index is 2.89. The average molecular weight is 282 g/mol. The van der Waals surface area contributed by atoms with Crippen molar-refractivity contribution in [1.82, 2.24) is 4.90 Å². The third-order valence-corrected chi connectivity index (χ3v) is 3.86. The summed E-state index contributed by atoms with van der Waals surface area (Å²) in [7, 11) is 2.07. The maximum Gasteiger partial charge on any atom is 0.133 e. The van der Waals surface area contributed by atoms with Crippen molar-refractivity contribution >= 4 is 17.2 Å². The third-order valence-electron chi connectivity index (χ3n) is 3.64. The van der Waals surface area contributed by atoms with Gasteiger partial charge in [-0.1, -0.05) is 39.1 Å². The Kier molecular flexibility index (Phi) is 5.04. The van der Waals surface area contributed by atoms with Crippen LogP contribution in [0.1, 0.15) is 38.8 Å². The fourth-order valence-corrected chi connectivity index (χ4v) is 2.10. The minimum atomic E-state index is -0.359. The molecule has 0 spiro atoms. The Morgan fingerprint density at radius 1 is 1.42 bits per heavy atom. The highest BCUT2D eigenvalue weighted by Gasteiger charge is 2.23. The second-order valence-corrected chi connectivity index (χ2v) is 6.58. The topological polar surface area (TPSA) is 29.3 Å². The minimum absolute atomic E-state index is 0.103. The zero-order chi connectivity index (χ0) is 14.8. The summed E-state index contributed by atoms with van der Waals surface area (Å²) < 4.78 is 13.5. The monoisotopic (exact) mass is 282 g/mol. The predicted molar refractivity (Wildman–Crippen MR) is 82.7 cm³/mol. The lowest BCUT2D eigenvalue weighted by Gasteiger charge is -2.35. The van der Waals surface area contributed by atoms with E-state index in [0.717, 1.165) is 12.1 Å². The molecule has 19 heavy (non-hydrogen) atoms. The molecular weight excluding hydrogens is 259 g/mol. The summed E-state index contributed by atoms with van der Waals surface area (Å²) in [6.07, 6.45) is 0. The van der Waals surface area contributed by atoms with Crippen molar-refractivity contribution in [3.8, 4) is 0 Å². The van der Waals surface area contributed by atoms with E-state index in [1.54, 1.807) is 12.1 Å². The fraction of sp³-hybridized carbons (Fsp3) is 0.533. The maximum absolute atomic E-state index is 13.5. The van der Waals surface area contributed by atoms with Crippen LogP contribution in [0.25, 0.3) is 0 Å². The third kappa shape index (κ3) is 4.25. The molecule has 0 saturated carbocycles. The molecule has 0 aliphatic carbocycles. The molecule has 0 amide bonds. The van der Waals surface area contributed by atoms with Crippen LogP contribution in [0.15, 0.2) is 18.2 Å². The zero-order valence-electron chi connectivity index (χ0n) is 12.3. The molecule has 1 unspecified atom stereocenters. The van der Waals surface area contributed by atoms with Crippen molar-refractivity contribution in [3.63, 3.8) is 0 Å². The summed E-state index contributed by atoms with van der Waals surface area (Å²) in [5.41, 5.74) is 7.06. The van der Waals surface area contributed by atoms with Crippen molar-refractivity contribution in [2.45, 2.75) is 40.3 Å². The normalized spacial score (nSPS) is 13.6. The van der Waals surface area contributed by atoms with E-state index in [-0.39, 0.29) is 16.2 Å². The molecule has 0 saturated heterocycles. The van der Waals surface area contributed by atoms with Crippen molar-refractivity contribution in [2.75, 3.05) is 7.05 Å². The Morgan fingerprint density at radius 2 is 2.00 bits per heavy atom. The smallest absolute Gasteiger partial charge is 0.133 e. The summed E-state index contributed by atoms with van der Waals surface area (Å²) in [5, 5.41) is 0. The van der Waals surface area contributed by atoms with E-state index >= 15 is 0 Å². The fourth-order valence-electron chi connectivity index (χ4n) is 1.95. The molecule has 0 heterocycles. The molecule has 0 fully saturated rings. The van der Waals surface area contributed by atoms with E-state index in [4.69, 9.17) is 18.0 Å². The summed E-state index contributed by atoms with van der Waals surface area (Å²) in [6, 6.07) is 5.36. The van der Waals surface area contributed by atoms with E-state index in [9.17, 15) is 4.39 Å². The molecule has 0 aliphatic rings. The van der Waals surface area contributed by atoms with Gasteiger partial charge < -0.3 is 5.73 Å². The molecule has 0 bridgehead atoms. The number of halogens is 1. The summed E-state index contributed by atoms with van der Waals surface area (Å²) in [4.78, 5) is 2.35. The number of rotatable bonds is 4. The van der Waals surface area contributed by atoms with Gasteiger partial charge in [0.2, 0.25) is 0 Å². The van der Waals surface area contributed by atoms with Crippen LogP contribution in [0.5, 0.6) is 0 Å². The average Bonchev–Trinajstić information content (AvgIpc) is 2.29. The van der Waals surface area contributed by atoms with Gasteiger partial charge in [-0.15, -0.1) is 0 Å². The standard InChI is InChI=1S/C15H23FN2S/c1-10(15(2,3)4)18(5)9-11-6-7-13(16)12(8-11)14(17)19/h6-8,10H,9H2,1-5H3,(H2,17,19). The zero-order valence-corrected chi connectivity index (χ0v) is 13.1. The molecule has 0 aliphatic heterocycles. The SMILES string of the molecule is CC(N(C)Cc1ccc(F)c(C(N)=S)c1)C(C)(C)C. The molecule has 1 atom stereocenters. The van der Waals surface area contributed by atoms with Gasteiger partial charge in [-0.3, -0.25) is 4.90 Å². The number of nitrogens with zero attached hydrogens (tertiary/aromatic N) is 1. The molecule has 106 valence electrons. The summed E-state index contributed by atoms with van der Waals surface area (Å²) >= 11 is 4.86. The van der Waals surface area contributed by atoms with Gasteiger partial charge in [-0.05, 0) is 37.1 Å². The summed E-state index contributed by atoms with van der Waals surface area (Å²) in [6.45, 7) is 9.56. The van der Waals surface area contributed by atoms with Crippen LogP contribution in [-0.4, -0.2) is 23.0 Å².